The Morgan fingerprint density at radius 3 is 2.56 bits per heavy atom. The molecule has 0 atom stereocenters. The summed E-state index contributed by atoms with van der Waals surface area (Å²) in [5.74, 6) is 0.854. The molecule has 0 spiro atoms. The first-order valence-electron chi connectivity index (χ1n) is 10.1. The first-order chi connectivity index (χ1) is 15.5. The lowest BCUT2D eigenvalue weighted by Crippen LogP contribution is -2.25. The molecule has 0 saturated heterocycles. The van der Waals surface area contributed by atoms with Crippen molar-refractivity contribution in [2.24, 2.45) is 5.10 Å². The van der Waals surface area contributed by atoms with E-state index in [1.54, 1.807) is 13.2 Å². The lowest BCUT2D eigenvalue weighted by molar-refractivity contribution is -0.119. The van der Waals surface area contributed by atoms with Crippen LogP contribution in [-0.2, 0) is 11.4 Å². The summed E-state index contributed by atoms with van der Waals surface area (Å²) >= 11 is 5.94. The molecule has 0 aliphatic heterocycles. The lowest BCUT2D eigenvalue weighted by atomic mass is 10.1. The lowest BCUT2D eigenvalue weighted by Gasteiger charge is -2.13. The summed E-state index contributed by atoms with van der Waals surface area (Å²) in [6.45, 7) is 4.53. The number of halogens is 1. The number of carbonyl (C=O) groups excluding carboxylic acids is 1. The van der Waals surface area contributed by atoms with E-state index < -0.39 is 0 Å². The highest BCUT2D eigenvalue weighted by Gasteiger charge is 2.10. The minimum Gasteiger partial charge on any atom is -0.493 e. The van der Waals surface area contributed by atoms with E-state index >= 15 is 0 Å². The Balaban J connectivity index is 1.60. The zero-order chi connectivity index (χ0) is 22.9. The molecule has 0 aromatic heterocycles. The highest BCUT2D eigenvalue weighted by Crippen LogP contribution is 2.31. The zero-order valence-electron chi connectivity index (χ0n) is 18.3. The van der Waals surface area contributed by atoms with E-state index in [0.717, 1.165) is 16.8 Å². The van der Waals surface area contributed by atoms with Gasteiger partial charge in [-0.3, -0.25) is 4.79 Å². The predicted molar refractivity (Wildman–Crippen MR) is 129 cm³/mol. The average molecular weight is 452 g/mol. The number of methoxy groups -OCH3 is 1. The van der Waals surface area contributed by atoms with Crippen molar-refractivity contribution < 1.29 is 14.3 Å². The summed E-state index contributed by atoms with van der Waals surface area (Å²) in [6.07, 6.45) is 1.54. The zero-order valence-corrected chi connectivity index (χ0v) is 19.1. The maximum atomic E-state index is 12.2. The summed E-state index contributed by atoms with van der Waals surface area (Å²) in [5.41, 5.74) is 7.43. The van der Waals surface area contributed by atoms with Crippen LogP contribution in [0.25, 0.3) is 0 Å². The van der Waals surface area contributed by atoms with Crippen LogP contribution in [0, 0.1) is 13.8 Å². The standard InChI is InChI=1S/C25H26ClN3O3/c1-17-7-12-22(13-18(17)2)27-15-24(30)29-28-14-20-5-4-6-23(31-3)25(20)32-16-19-8-10-21(26)11-9-19/h4-14,27H,15-16H2,1-3H3,(H,29,30)/b28-14-. The average Bonchev–Trinajstić information content (AvgIpc) is 2.79. The molecule has 3 aromatic rings. The van der Waals surface area contributed by atoms with Gasteiger partial charge in [-0.1, -0.05) is 35.9 Å². The molecule has 3 rings (SSSR count). The highest BCUT2D eigenvalue weighted by atomic mass is 35.5. The summed E-state index contributed by atoms with van der Waals surface area (Å²) in [7, 11) is 1.58. The fourth-order valence-corrected chi connectivity index (χ4v) is 3.06. The van der Waals surface area contributed by atoms with Crippen LogP contribution in [-0.4, -0.2) is 25.8 Å². The second-order valence-electron chi connectivity index (χ2n) is 7.24. The molecule has 7 heteroatoms. The van der Waals surface area contributed by atoms with Gasteiger partial charge in [-0.2, -0.15) is 5.10 Å². The van der Waals surface area contributed by atoms with Crippen LogP contribution in [0.15, 0.2) is 65.8 Å². The van der Waals surface area contributed by atoms with Crippen molar-refractivity contribution in [1.29, 1.82) is 0 Å². The van der Waals surface area contributed by atoms with Crippen LogP contribution in [0.5, 0.6) is 11.5 Å². The normalized spacial score (nSPS) is 10.8. The summed E-state index contributed by atoms with van der Waals surface area (Å²) < 4.78 is 11.4. The maximum absolute atomic E-state index is 12.2. The molecule has 0 aliphatic rings. The first kappa shape index (κ1) is 23.2. The van der Waals surface area contributed by atoms with E-state index in [1.807, 2.05) is 68.4 Å². The smallest absolute Gasteiger partial charge is 0.259 e. The Morgan fingerprint density at radius 1 is 1.06 bits per heavy atom. The van der Waals surface area contributed by atoms with Crippen LogP contribution < -0.4 is 20.2 Å². The van der Waals surface area contributed by atoms with E-state index in [-0.39, 0.29) is 12.5 Å². The summed E-state index contributed by atoms with van der Waals surface area (Å²) in [4.78, 5) is 12.2. The quantitative estimate of drug-likeness (QED) is 0.350. The van der Waals surface area contributed by atoms with Crippen molar-refractivity contribution in [1.82, 2.24) is 5.43 Å². The number of benzene rings is 3. The number of nitrogens with zero attached hydrogens (tertiary/aromatic N) is 1. The van der Waals surface area contributed by atoms with Gasteiger partial charge in [0.2, 0.25) is 0 Å². The number of hydrogen-bond donors (Lipinski definition) is 2. The molecule has 0 bridgehead atoms. The molecule has 0 unspecified atom stereocenters. The molecule has 0 fully saturated rings. The molecule has 1 amide bonds. The third kappa shape index (κ3) is 6.49. The second kappa shape index (κ2) is 11.2. The minimum atomic E-state index is -0.258. The molecule has 0 saturated carbocycles. The number of hydrazone groups is 1. The number of rotatable bonds is 9. The Hall–Kier alpha value is -3.51. The largest absolute Gasteiger partial charge is 0.493 e. The first-order valence-corrected chi connectivity index (χ1v) is 10.5. The van der Waals surface area contributed by atoms with E-state index in [2.05, 4.69) is 15.8 Å². The fraction of sp³-hybridized carbons (Fsp3) is 0.200. The summed E-state index contributed by atoms with van der Waals surface area (Å²) in [6, 6.07) is 18.9. The second-order valence-corrected chi connectivity index (χ2v) is 7.68. The minimum absolute atomic E-state index is 0.109. The SMILES string of the molecule is COc1cccc(/C=N\NC(=O)CNc2ccc(C)c(C)c2)c1OCc1ccc(Cl)cc1. The van der Waals surface area contributed by atoms with Crippen LogP contribution in [0.1, 0.15) is 22.3 Å². The van der Waals surface area contributed by atoms with Crippen molar-refractivity contribution in [3.05, 3.63) is 87.9 Å². The molecule has 0 aliphatic carbocycles. The van der Waals surface area contributed by atoms with Crippen LogP contribution >= 0.6 is 11.6 Å². The number of hydrogen-bond acceptors (Lipinski definition) is 5. The monoisotopic (exact) mass is 451 g/mol. The molecular weight excluding hydrogens is 426 g/mol. The van der Waals surface area contributed by atoms with Crippen molar-refractivity contribution in [2.75, 3.05) is 19.0 Å². The number of aryl methyl sites for hydroxylation is 2. The van der Waals surface area contributed by atoms with Gasteiger partial charge in [0.25, 0.3) is 5.91 Å². The van der Waals surface area contributed by atoms with Crippen molar-refractivity contribution in [3.8, 4) is 11.5 Å². The molecule has 3 aromatic carbocycles. The van der Waals surface area contributed by atoms with E-state index in [4.69, 9.17) is 21.1 Å². The molecule has 0 heterocycles. The van der Waals surface area contributed by atoms with Gasteiger partial charge in [-0.15, -0.1) is 0 Å². The van der Waals surface area contributed by atoms with Gasteiger partial charge in [-0.05, 0) is 66.9 Å². The summed E-state index contributed by atoms with van der Waals surface area (Å²) in [5, 5.41) is 7.83. The number of anilines is 1. The Labute approximate surface area is 193 Å². The van der Waals surface area contributed by atoms with Gasteiger partial charge in [0.15, 0.2) is 11.5 Å². The topological polar surface area (TPSA) is 72.0 Å². The molecule has 2 N–H and O–H groups in total. The molecule has 166 valence electrons. The molecule has 0 radical (unpaired) electrons. The maximum Gasteiger partial charge on any atom is 0.259 e. The molecular formula is C25H26ClN3O3. The van der Waals surface area contributed by atoms with Gasteiger partial charge >= 0.3 is 0 Å². The number of carbonyl (C=O) groups is 1. The van der Waals surface area contributed by atoms with Crippen LogP contribution in [0.2, 0.25) is 5.02 Å². The predicted octanol–water partition coefficient (Wildman–Crippen LogP) is 5.11. The van der Waals surface area contributed by atoms with Crippen molar-refractivity contribution in [3.63, 3.8) is 0 Å². The number of nitrogens with one attached hydrogen (secondary N) is 2. The number of amides is 1. The number of ether oxygens (including phenoxy) is 2. The Kier molecular flexibility index (Phi) is 8.11. The van der Waals surface area contributed by atoms with Gasteiger partial charge in [0.05, 0.1) is 19.9 Å². The van der Waals surface area contributed by atoms with E-state index in [9.17, 15) is 4.79 Å². The van der Waals surface area contributed by atoms with Crippen LogP contribution in [0.4, 0.5) is 5.69 Å². The number of para-hydroxylation sites is 1. The van der Waals surface area contributed by atoms with Crippen molar-refractivity contribution >= 4 is 29.4 Å². The molecule has 6 nitrogen and oxygen atoms in total. The van der Waals surface area contributed by atoms with Crippen molar-refractivity contribution in [2.45, 2.75) is 20.5 Å². The third-order valence-corrected chi connectivity index (χ3v) is 5.13. The van der Waals surface area contributed by atoms with E-state index in [0.29, 0.717) is 28.7 Å². The fourth-order valence-electron chi connectivity index (χ4n) is 2.93. The third-order valence-electron chi connectivity index (χ3n) is 4.88. The Bertz CT molecular complexity index is 1100. The van der Waals surface area contributed by atoms with Gasteiger partial charge in [0, 0.05) is 16.3 Å². The molecule has 32 heavy (non-hydrogen) atoms. The Morgan fingerprint density at radius 2 is 1.84 bits per heavy atom. The van der Waals surface area contributed by atoms with Crippen LogP contribution in [0.3, 0.4) is 0 Å². The van der Waals surface area contributed by atoms with Gasteiger partial charge in [-0.25, -0.2) is 5.43 Å². The van der Waals surface area contributed by atoms with Gasteiger partial charge in [0.1, 0.15) is 6.61 Å². The van der Waals surface area contributed by atoms with E-state index in [1.165, 1.54) is 11.8 Å². The van der Waals surface area contributed by atoms with Gasteiger partial charge < -0.3 is 14.8 Å². The highest BCUT2D eigenvalue weighted by molar-refractivity contribution is 6.30.